The number of aromatic nitrogens is 2. The maximum Gasteiger partial charge on any atom is 0.248 e. The number of carbonyl (C=O) groups excluding carboxylic acids is 2. The summed E-state index contributed by atoms with van der Waals surface area (Å²) in [7, 11) is 0. The van der Waals surface area contributed by atoms with Crippen molar-refractivity contribution in [3.63, 3.8) is 0 Å². The van der Waals surface area contributed by atoms with Crippen molar-refractivity contribution in [2.75, 3.05) is 5.32 Å². The van der Waals surface area contributed by atoms with Crippen LogP contribution in [0.25, 0.3) is 0 Å². The highest BCUT2D eigenvalue weighted by Crippen LogP contribution is 2.09. The molecular weight excluding hydrogens is 244 g/mol. The van der Waals surface area contributed by atoms with E-state index in [9.17, 15) is 9.59 Å². The summed E-state index contributed by atoms with van der Waals surface area (Å²) in [5.41, 5.74) is 6.16. The average Bonchev–Trinajstić information content (AvgIpc) is 2.75. The van der Waals surface area contributed by atoms with E-state index in [1.807, 2.05) is 6.92 Å². The van der Waals surface area contributed by atoms with Crippen molar-refractivity contribution in [3.05, 3.63) is 48.0 Å². The van der Waals surface area contributed by atoms with Crippen LogP contribution in [0.4, 0.5) is 5.69 Å². The minimum Gasteiger partial charge on any atom is -0.366 e. The van der Waals surface area contributed by atoms with Crippen molar-refractivity contribution in [3.8, 4) is 0 Å². The Hall–Kier alpha value is -2.63. The molecule has 2 amide bonds. The molecule has 0 aliphatic heterocycles. The predicted octanol–water partition coefficient (Wildman–Crippen LogP) is 0.929. The quantitative estimate of drug-likeness (QED) is 0.854. The molecule has 1 aromatic carbocycles. The molecule has 2 aromatic rings. The molecule has 98 valence electrons. The number of anilines is 1. The van der Waals surface area contributed by atoms with E-state index in [1.54, 1.807) is 41.2 Å². The van der Waals surface area contributed by atoms with Gasteiger partial charge in [0.15, 0.2) is 0 Å². The zero-order valence-electron chi connectivity index (χ0n) is 10.5. The van der Waals surface area contributed by atoms with E-state index in [-0.39, 0.29) is 12.5 Å². The summed E-state index contributed by atoms with van der Waals surface area (Å²) in [6.07, 6.45) is 3.38. The van der Waals surface area contributed by atoms with Gasteiger partial charge in [0.25, 0.3) is 0 Å². The molecule has 0 saturated heterocycles. The lowest BCUT2D eigenvalue weighted by atomic mass is 10.2. The second-order valence-electron chi connectivity index (χ2n) is 4.09. The van der Waals surface area contributed by atoms with Crippen LogP contribution >= 0.6 is 0 Å². The molecule has 1 aromatic heterocycles. The van der Waals surface area contributed by atoms with Crippen LogP contribution in [0.5, 0.6) is 0 Å². The van der Waals surface area contributed by atoms with E-state index in [1.165, 1.54) is 0 Å². The predicted molar refractivity (Wildman–Crippen MR) is 70.6 cm³/mol. The molecule has 0 aliphatic rings. The van der Waals surface area contributed by atoms with Gasteiger partial charge < -0.3 is 15.6 Å². The molecule has 19 heavy (non-hydrogen) atoms. The van der Waals surface area contributed by atoms with Gasteiger partial charge in [0.05, 0.1) is 0 Å². The standard InChI is InChI=1S/C13H14N4O2/c1-9-15-6-7-17(9)8-12(18)16-11-4-2-10(3-5-11)13(14)19/h2-7H,8H2,1H3,(H2,14,19)(H,16,18). The van der Waals surface area contributed by atoms with Crippen molar-refractivity contribution in [2.24, 2.45) is 5.73 Å². The molecule has 0 radical (unpaired) electrons. The molecule has 6 heteroatoms. The van der Waals surface area contributed by atoms with E-state index in [4.69, 9.17) is 5.73 Å². The van der Waals surface area contributed by atoms with E-state index in [2.05, 4.69) is 10.3 Å². The minimum absolute atomic E-state index is 0.159. The summed E-state index contributed by atoms with van der Waals surface area (Å²) in [6, 6.07) is 6.42. The second kappa shape index (κ2) is 5.34. The van der Waals surface area contributed by atoms with Gasteiger partial charge in [-0.1, -0.05) is 0 Å². The highest BCUT2D eigenvalue weighted by atomic mass is 16.2. The summed E-state index contributed by atoms with van der Waals surface area (Å²) in [4.78, 5) is 26.7. The van der Waals surface area contributed by atoms with Crippen LogP contribution in [0.3, 0.4) is 0 Å². The number of nitrogens with zero attached hydrogens (tertiary/aromatic N) is 2. The van der Waals surface area contributed by atoms with Gasteiger partial charge in [-0.15, -0.1) is 0 Å². The zero-order valence-corrected chi connectivity index (χ0v) is 10.5. The van der Waals surface area contributed by atoms with Gasteiger partial charge in [-0.25, -0.2) is 4.98 Å². The molecule has 0 saturated carbocycles. The molecule has 0 unspecified atom stereocenters. The van der Waals surface area contributed by atoms with Crippen molar-refractivity contribution in [2.45, 2.75) is 13.5 Å². The number of hydrogen-bond donors (Lipinski definition) is 2. The maximum absolute atomic E-state index is 11.8. The number of amides is 2. The third-order valence-corrected chi connectivity index (χ3v) is 2.69. The van der Waals surface area contributed by atoms with Gasteiger partial charge >= 0.3 is 0 Å². The van der Waals surface area contributed by atoms with Gasteiger partial charge in [0, 0.05) is 23.6 Å². The third kappa shape index (κ3) is 3.19. The molecule has 2 rings (SSSR count). The van der Waals surface area contributed by atoms with E-state index < -0.39 is 5.91 Å². The van der Waals surface area contributed by atoms with Crippen LogP contribution in [-0.2, 0) is 11.3 Å². The Labute approximate surface area is 110 Å². The molecule has 0 fully saturated rings. The first-order valence-corrected chi connectivity index (χ1v) is 5.74. The van der Waals surface area contributed by atoms with Gasteiger partial charge in [-0.2, -0.15) is 0 Å². The number of nitrogens with one attached hydrogen (secondary N) is 1. The Morgan fingerprint density at radius 2 is 2.00 bits per heavy atom. The fraction of sp³-hybridized carbons (Fsp3) is 0.154. The van der Waals surface area contributed by atoms with Gasteiger partial charge in [0.2, 0.25) is 11.8 Å². The van der Waals surface area contributed by atoms with Gasteiger partial charge in [-0.05, 0) is 31.2 Å². The topological polar surface area (TPSA) is 90.0 Å². The Bertz CT molecular complexity index is 601. The molecule has 0 spiro atoms. The fourth-order valence-electron chi connectivity index (χ4n) is 1.64. The number of nitrogens with two attached hydrogens (primary N) is 1. The lowest BCUT2D eigenvalue weighted by Crippen LogP contribution is -2.19. The molecule has 0 bridgehead atoms. The highest BCUT2D eigenvalue weighted by Gasteiger charge is 2.06. The van der Waals surface area contributed by atoms with Crippen molar-refractivity contribution >= 4 is 17.5 Å². The highest BCUT2D eigenvalue weighted by molar-refractivity contribution is 5.94. The molecular formula is C13H14N4O2. The minimum atomic E-state index is -0.494. The lowest BCUT2D eigenvalue weighted by Gasteiger charge is -2.07. The summed E-state index contributed by atoms with van der Waals surface area (Å²) in [5, 5.41) is 2.73. The van der Waals surface area contributed by atoms with Crippen molar-refractivity contribution < 1.29 is 9.59 Å². The van der Waals surface area contributed by atoms with E-state index in [0.717, 1.165) is 5.82 Å². The summed E-state index contributed by atoms with van der Waals surface area (Å²) in [5.74, 6) is 0.124. The second-order valence-corrected chi connectivity index (χ2v) is 4.09. The largest absolute Gasteiger partial charge is 0.366 e. The summed E-state index contributed by atoms with van der Waals surface area (Å²) < 4.78 is 1.74. The van der Waals surface area contributed by atoms with Crippen LogP contribution in [-0.4, -0.2) is 21.4 Å². The first kappa shape index (κ1) is 12.8. The van der Waals surface area contributed by atoms with Gasteiger partial charge in [-0.3, -0.25) is 9.59 Å². The van der Waals surface area contributed by atoms with Crippen molar-refractivity contribution in [1.82, 2.24) is 9.55 Å². The van der Waals surface area contributed by atoms with E-state index >= 15 is 0 Å². The number of rotatable bonds is 4. The Morgan fingerprint density at radius 1 is 1.32 bits per heavy atom. The van der Waals surface area contributed by atoms with Crippen molar-refractivity contribution in [1.29, 1.82) is 0 Å². The van der Waals surface area contributed by atoms with Crippen LogP contribution in [0.15, 0.2) is 36.7 Å². The maximum atomic E-state index is 11.8. The van der Waals surface area contributed by atoms with Crippen LogP contribution < -0.4 is 11.1 Å². The third-order valence-electron chi connectivity index (χ3n) is 2.69. The fourth-order valence-corrected chi connectivity index (χ4v) is 1.64. The average molecular weight is 258 g/mol. The SMILES string of the molecule is Cc1nccn1CC(=O)Nc1ccc(C(N)=O)cc1. The monoisotopic (exact) mass is 258 g/mol. The summed E-state index contributed by atoms with van der Waals surface area (Å²) >= 11 is 0. The molecule has 0 atom stereocenters. The number of carbonyl (C=O) groups is 2. The Morgan fingerprint density at radius 3 is 2.53 bits per heavy atom. The Kier molecular flexibility index (Phi) is 3.61. The molecule has 3 N–H and O–H groups in total. The smallest absolute Gasteiger partial charge is 0.248 e. The number of primary amides is 1. The molecule has 6 nitrogen and oxygen atoms in total. The number of aryl methyl sites for hydroxylation is 1. The first-order chi connectivity index (χ1) is 9.06. The number of benzene rings is 1. The van der Waals surface area contributed by atoms with Crippen LogP contribution in [0, 0.1) is 6.92 Å². The first-order valence-electron chi connectivity index (χ1n) is 5.74. The van der Waals surface area contributed by atoms with Crippen LogP contribution in [0.2, 0.25) is 0 Å². The number of imidazole rings is 1. The van der Waals surface area contributed by atoms with Gasteiger partial charge in [0.1, 0.15) is 12.4 Å². The number of hydrogen-bond acceptors (Lipinski definition) is 3. The molecule has 1 heterocycles. The summed E-state index contributed by atoms with van der Waals surface area (Å²) in [6.45, 7) is 2.03. The molecule has 0 aliphatic carbocycles. The van der Waals surface area contributed by atoms with Crippen LogP contribution in [0.1, 0.15) is 16.2 Å². The normalized spacial score (nSPS) is 10.2. The van der Waals surface area contributed by atoms with E-state index in [0.29, 0.717) is 11.3 Å². The Balaban J connectivity index is 1.99. The zero-order chi connectivity index (χ0) is 13.8. The lowest BCUT2D eigenvalue weighted by molar-refractivity contribution is -0.116.